The quantitative estimate of drug-likeness (QED) is 0.480. The van der Waals surface area contributed by atoms with E-state index in [0.717, 1.165) is 11.5 Å². The molecule has 0 saturated heterocycles. The second-order valence-corrected chi connectivity index (χ2v) is 7.25. The van der Waals surface area contributed by atoms with E-state index in [-0.39, 0.29) is 17.2 Å². The molecule has 2 N–H and O–H groups in total. The lowest BCUT2D eigenvalue weighted by Gasteiger charge is -2.09. The van der Waals surface area contributed by atoms with Crippen LogP contribution in [0.15, 0.2) is 53.7 Å². The van der Waals surface area contributed by atoms with Crippen LogP contribution in [0.2, 0.25) is 0 Å². The average Bonchev–Trinajstić information content (AvgIpc) is 3.27. The first-order valence-electron chi connectivity index (χ1n) is 8.99. The van der Waals surface area contributed by atoms with Gasteiger partial charge in [0.25, 0.3) is 11.8 Å². The van der Waals surface area contributed by atoms with Crippen LogP contribution >= 0.6 is 11.8 Å². The number of hydrogen-bond donors (Lipinski definition) is 2. The molecule has 3 amide bonds. The van der Waals surface area contributed by atoms with Gasteiger partial charge in [-0.25, -0.2) is 0 Å². The molecule has 8 nitrogen and oxygen atoms in total. The van der Waals surface area contributed by atoms with Crippen LogP contribution in [-0.2, 0) is 11.2 Å². The minimum Gasteiger partial charge on any atom is -0.325 e. The summed E-state index contributed by atoms with van der Waals surface area (Å²) < 4.78 is 1.93. The van der Waals surface area contributed by atoms with Crippen molar-refractivity contribution < 1.29 is 14.4 Å². The van der Waals surface area contributed by atoms with Gasteiger partial charge in [-0.3, -0.25) is 24.3 Å². The highest BCUT2D eigenvalue weighted by Crippen LogP contribution is 2.24. The number of anilines is 1. The van der Waals surface area contributed by atoms with Crippen molar-refractivity contribution in [2.75, 3.05) is 11.1 Å². The van der Waals surface area contributed by atoms with Crippen molar-refractivity contribution in [3.63, 3.8) is 0 Å². The van der Waals surface area contributed by atoms with Crippen molar-refractivity contribution in [1.82, 2.24) is 20.1 Å². The zero-order chi connectivity index (χ0) is 20.4. The van der Waals surface area contributed by atoms with Gasteiger partial charge < -0.3 is 5.32 Å². The van der Waals surface area contributed by atoms with Crippen LogP contribution in [-0.4, -0.2) is 38.2 Å². The fraction of sp³-hybridized carbons (Fsp3) is 0.150. The molecule has 0 aliphatic carbocycles. The Morgan fingerprint density at radius 3 is 2.59 bits per heavy atom. The standard InChI is InChI=1S/C20H17N5O3S/c1-2-16-23-24-20(25(16)13-6-4-3-5-7-13)29-11-17(26)21-12-8-9-14-15(10-12)19(28)22-18(14)27/h3-10H,2,11H2,1H3,(H,21,26)(H,22,27,28). The van der Waals surface area contributed by atoms with E-state index in [1.165, 1.54) is 23.9 Å². The summed E-state index contributed by atoms with van der Waals surface area (Å²) in [5.74, 6) is -0.200. The molecule has 3 aromatic rings. The number of aryl methyl sites for hydroxylation is 1. The van der Waals surface area contributed by atoms with Gasteiger partial charge in [-0.05, 0) is 30.3 Å². The van der Waals surface area contributed by atoms with Crippen LogP contribution in [0.4, 0.5) is 5.69 Å². The topological polar surface area (TPSA) is 106 Å². The summed E-state index contributed by atoms with van der Waals surface area (Å²) in [4.78, 5) is 35.8. The third-order valence-electron chi connectivity index (χ3n) is 4.38. The maximum Gasteiger partial charge on any atom is 0.259 e. The number of fused-ring (bicyclic) bond motifs is 1. The second kappa shape index (κ2) is 7.88. The monoisotopic (exact) mass is 407 g/mol. The number of benzene rings is 2. The molecular formula is C20H17N5O3S. The summed E-state index contributed by atoms with van der Waals surface area (Å²) in [6, 6.07) is 14.4. The molecule has 4 rings (SSSR count). The molecule has 0 saturated carbocycles. The van der Waals surface area contributed by atoms with Crippen molar-refractivity contribution in [3.05, 3.63) is 65.5 Å². The van der Waals surface area contributed by atoms with Crippen molar-refractivity contribution in [3.8, 4) is 5.69 Å². The number of aromatic nitrogens is 3. The van der Waals surface area contributed by atoms with Crippen LogP contribution in [0.3, 0.4) is 0 Å². The van der Waals surface area contributed by atoms with E-state index in [2.05, 4.69) is 20.8 Å². The smallest absolute Gasteiger partial charge is 0.259 e. The Hall–Kier alpha value is -3.46. The molecule has 146 valence electrons. The second-order valence-electron chi connectivity index (χ2n) is 6.30. The SMILES string of the molecule is CCc1nnc(SCC(=O)Nc2ccc3c(c2)C(=O)NC3=O)n1-c1ccccc1. The molecule has 2 heterocycles. The van der Waals surface area contributed by atoms with Crippen LogP contribution in [0.5, 0.6) is 0 Å². The molecule has 1 aromatic heterocycles. The van der Waals surface area contributed by atoms with Crippen molar-refractivity contribution in [2.24, 2.45) is 0 Å². The minimum atomic E-state index is -0.460. The highest BCUT2D eigenvalue weighted by molar-refractivity contribution is 7.99. The maximum atomic E-state index is 12.4. The number of imide groups is 1. The largest absolute Gasteiger partial charge is 0.325 e. The Bertz CT molecular complexity index is 1110. The van der Waals surface area contributed by atoms with E-state index < -0.39 is 11.8 Å². The zero-order valence-corrected chi connectivity index (χ0v) is 16.3. The third-order valence-corrected chi connectivity index (χ3v) is 5.31. The molecule has 1 aliphatic heterocycles. The van der Waals surface area contributed by atoms with Crippen molar-refractivity contribution >= 4 is 35.2 Å². The first kappa shape index (κ1) is 18.9. The van der Waals surface area contributed by atoms with E-state index in [4.69, 9.17) is 0 Å². The third kappa shape index (κ3) is 3.77. The first-order chi connectivity index (χ1) is 14.1. The lowest BCUT2D eigenvalue weighted by atomic mass is 10.1. The summed E-state index contributed by atoms with van der Waals surface area (Å²) >= 11 is 1.28. The van der Waals surface area contributed by atoms with Crippen LogP contribution < -0.4 is 10.6 Å². The molecule has 29 heavy (non-hydrogen) atoms. The molecule has 0 atom stereocenters. The van der Waals surface area contributed by atoms with Gasteiger partial charge in [0.1, 0.15) is 5.82 Å². The molecule has 1 aliphatic rings. The van der Waals surface area contributed by atoms with Gasteiger partial charge >= 0.3 is 0 Å². The summed E-state index contributed by atoms with van der Waals surface area (Å²) in [6.45, 7) is 2.00. The van der Waals surface area contributed by atoms with Crippen LogP contribution in [0.1, 0.15) is 33.5 Å². The van der Waals surface area contributed by atoms with Crippen LogP contribution in [0, 0.1) is 0 Å². The number of nitrogens with one attached hydrogen (secondary N) is 2. The highest BCUT2D eigenvalue weighted by atomic mass is 32.2. The molecular weight excluding hydrogens is 390 g/mol. The zero-order valence-electron chi connectivity index (χ0n) is 15.5. The van der Waals surface area contributed by atoms with Gasteiger partial charge in [0.05, 0.1) is 16.9 Å². The summed E-state index contributed by atoms with van der Waals surface area (Å²) in [7, 11) is 0. The highest BCUT2D eigenvalue weighted by Gasteiger charge is 2.26. The van der Waals surface area contributed by atoms with Crippen molar-refractivity contribution in [1.29, 1.82) is 0 Å². The lowest BCUT2D eigenvalue weighted by molar-refractivity contribution is -0.113. The lowest BCUT2D eigenvalue weighted by Crippen LogP contribution is -2.19. The Balaban J connectivity index is 1.46. The molecule has 0 bridgehead atoms. The Labute approximate surface area is 170 Å². The molecule has 9 heteroatoms. The average molecular weight is 407 g/mol. The number of nitrogens with zero attached hydrogens (tertiary/aromatic N) is 3. The number of carbonyl (C=O) groups excluding carboxylic acids is 3. The van der Waals surface area contributed by atoms with Gasteiger partial charge in [0.2, 0.25) is 5.91 Å². The molecule has 0 fully saturated rings. The van der Waals surface area contributed by atoms with Gasteiger partial charge in [-0.1, -0.05) is 36.9 Å². The Morgan fingerprint density at radius 2 is 1.83 bits per heavy atom. The van der Waals surface area contributed by atoms with Crippen LogP contribution in [0.25, 0.3) is 5.69 Å². The number of thioether (sulfide) groups is 1. The van der Waals surface area contributed by atoms with E-state index in [1.807, 2.05) is 41.8 Å². The van der Waals surface area contributed by atoms with E-state index in [1.54, 1.807) is 6.07 Å². The molecule has 0 radical (unpaired) electrons. The first-order valence-corrected chi connectivity index (χ1v) is 9.97. The van der Waals surface area contributed by atoms with Gasteiger partial charge in [0, 0.05) is 17.8 Å². The van der Waals surface area contributed by atoms with E-state index in [9.17, 15) is 14.4 Å². The van der Waals surface area contributed by atoms with E-state index >= 15 is 0 Å². The number of carbonyl (C=O) groups is 3. The molecule has 2 aromatic carbocycles. The number of hydrogen-bond acceptors (Lipinski definition) is 6. The number of amides is 3. The molecule has 0 unspecified atom stereocenters. The summed E-state index contributed by atoms with van der Waals surface area (Å²) in [5, 5.41) is 14.0. The maximum absolute atomic E-state index is 12.4. The summed E-state index contributed by atoms with van der Waals surface area (Å²) in [6.07, 6.45) is 0.713. The van der Waals surface area contributed by atoms with E-state index in [0.29, 0.717) is 22.8 Å². The Kier molecular flexibility index (Phi) is 5.13. The Morgan fingerprint density at radius 1 is 1.07 bits per heavy atom. The summed E-state index contributed by atoms with van der Waals surface area (Å²) in [5.41, 5.74) is 1.96. The predicted octanol–water partition coefficient (Wildman–Crippen LogP) is 2.44. The fourth-order valence-corrected chi connectivity index (χ4v) is 3.80. The predicted molar refractivity (Wildman–Crippen MR) is 108 cm³/mol. The number of para-hydroxylation sites is 1. The van der Waals surface area contributed by atoms with Crippen molar-refractivity contribution in [2.45, 2.75) is 18.5 Å². The number of rotatable bonds is 6. The van der Waals surface area contributed by atoms with Gasteiger partial charge in [0.15, 0.2) is 5.16 Å². The normalized spacial score (nSPS) is 12.6. The molecule has 0 spiro atoms. The minimum absolute atomic E-state index is 0.122. The van der Waals surface area contributed by atoms with Gasteiger partial charge in [-0.2, -0.15) is 0 Å². The fourth-order valence-electron chi connectivity index (χ4n) is 3.03. The van der Waals surface area contributed by atoms with Gasteiger partial charge in [-0.15, -0.1) is 10.2 Å².